The van der Waals surface area contributed by atoms with Gasteiger partial charge in [-0.15, -0.1) is 0 Å². The lowest BCUT2D eigenvalue weighted by atomic mass is 10.0. The molecule has 1 aliphatic carbocycles. The fraction of sp³-hybridized carbons (Fsp3) is 0.944. The van der Waals surface area contributed by atoms with E-state index in [0.717, 1.165) is 64.8 Å². The molecule has 2 saturated heterocycles. The summed E-state index contributed by atoms with van der Waals surface area (Å²) in [5.74, 6) is 1.80. The molecule has 0 spiro atoms. The minimum absolute atomic E-state index is 0.223. The number of ether oxygens (including phenoxy) is 1. The van der Waals surface area contributed by atoms with Crippen molar-refractivity contribution in [2.45, 2.75) is 39.2 Å². The summed E-state index contributed by atoms with van der Waals surface area (Å²) in [5, 5.41) is 0. The van der Waals surface area contributed by atoms with Gasteiger partial charge in [-0.25, -0.2) is 0 Å². The summed E-state index contributed by atoms with van der Waals surface area (Å²) < 4.78 is 5.80. The number of hydrogen-bond acceptors (Lipinski definition) is 4. The van der Waals surface area contributed by atoms with Crippen LogP contribution in [0.3, 0.4) is 0 Å². The topological polar surface area (TPSA) is 36.0 Å². The number of carbonyl (C=O) groups is 1. The smallest absolute Gasteiger partial charge is 0.219 e. The normalized spacial score (nSPS) is 30.6. The molecular weight excluding hydrogens is 290 g/mol. The summed E-state index contributed by atoms with van der Waals surface area (Å²) in [6, 6.07) is 0.644. The maximum Gasteiger partial charge on any atom is 0.219 e. The van der Waals surface area contributed by atoms with Crippen molar-refractivity contribution in [2.75, 3.05) is 59.0 Å². The maximum absolute atomic E-state index is 11.6. The summed E-state index contributed by atoms with van der Waals surface area (Å²) in [7, 11) is 0. The van der Waals surface area contributed by atoms with Crippen LogP contribution in [-0.2, 0) is 9.53 Å². The third-order valence-corrected chi connectivity index (χ3v) is 5.70. The molecule has 2 aliphatic heterocycles. The molecule has 2 heterocycles. The molecule has 0 bridgehead atoms. The number of amides is 1. The van der Waals surface area contributed by atoms with Gasteiger partial charge < -0.3 is 9.64 Å². The van der Waals surface area contributed by atoms with E-state index in [4.69, 9.17) is 4.74 Å². The Hall–Kier alpha value is -0.650. The number of nitrogens with zero attached hydrogens (tertiary/aromatic N) is 3. The van der Waals surface area contributed by atoms with Crippen LogP contribution in [0, 0.1) is 11.8 Å². The minimum atomic E-state index is 0.223. The molecule has 0 N–H and O–H groups in total. The van der Waals surface area contributed by atoms with E-state index in [-0.39, 0.29) is 5.91 Å². The van der Waals surface area contributed by atoms with Crippen molar-refractivity contribution in [1.29, 1.82) is 0 Å². The Kier molecular flexibility index (Phi) is 5.94. The van der Waals surface area contributed by atoms with Gasteiger partial charge in [-0.2, -0.15) is 0 Å². The van der Waals surface area contributed by atoms with E-state index in [9.17, 15) is 4.79 Å². The molecule has 0 aromatic heterocycles. The van der Waals surface area contributed by atoms with Gasteiger partial charge in [0.2, 0.25) is 5.91 Å². The quantitative estimate of drug-likeness (QED) is 0.690. The van der Waals surface area contributed by atoms with Crippen molar-refractivity contribution in [3.63, 3.8) is 0 Å². The molecule has 1 saturated carbocycles. The van der Waals surface area contributed by atoms with Crippen LogP contribution < -0.4 is 0 Å². The van der Waals surface area contributed by atoms with Crippen molar-refractivity contribution in [1.82, 2.24) is 14.7 Å². The Morgan fingerprint density at radius 1 is 1.13 bits per heavy atom. The lowest BCUT2D eigenvalue weighted by Crippen LogP contribution is -2.43. The van der Waals surface area contributed by atoms with E-state index in [1.54, 1.807) is 6.92 Å². The highest BCUT2D eigenvalue weighted by atomic mass is 16.5. The van der Waals surface area contributed by atoms with Crippen LogP contribution in [0.15, 0.2) is 0 Å². The highest BCUT2D eigenvalue weighted by molar-refractivity contribution is 5.73. The third kappa shape index (κ3) is 4.91. The predicted molar refractivity (Wildman–Crippen MR) is 91.4 cm³/mol. The predicted octanol–water partition coefficient (Wildman–Crippen LogP) is 1.29. The van der Waals surface area contributed by atoms with Gasteiger partial charge in [-0.3, -0.25) is 14.6 Å². The van der Waals surface area contributed by atoms with E-state index in [0.29, 0.717) is 12.0 Å². The van der Waals surface area contributed by atoms with E-state index in [1.165, 1.54) is 19.4 Å². The average molecular weight is 323 g/mol. The Morgan fingerprint density at radius 3 is 2.70 bits per heavy atom. The Bertz CT molecular complexity index is 400. The zero-order chi connectivity index (χ0) is 16.2. The van der Waals surface area contributed by atoms with Crippen LogP contribution in [0.25, 0.3) is 0 Å². The lowest BCUT2D eigenvalue weighted by molar-refractivity contribution is -0.128. The zero-order valence-corrected chi connectivity index (χ0v) is 14.9. The Labute approximate surface area is 140 Å². The molecule has 3 fully saturated rings. The molecular formula is C18H33N3O2. The number of hydrogen-bond donors (Lipinski definition) is 0. The second-order valence-electron chi connectivity index (χ2n) is 7.72. The summed E-state index contributed by atoms with van der Waals surface area (Å²) >= 11 is 0. The molecule has 3 aliphatic rings. The number of rotatable bonds is 6. The van der Waals surface area contributed by atoms with E-state index < -0.39 is 0 Å². The molecule has 3 rings (SSSR count). The van der Waals surface area contributed by atoms with Crippen LogP contribution in [0.5, 0.6) is 0 Å². The van der Waals surface area contributed by atoms with Crippen molar-refractivity contribution in [2.24, 2.45) is 11.8 Å². The first-order valence-electron chi connectivity index (χ1n) is 9.43. The van der Waals surface area contributed by atoms with Gasteiger partial charge in [-0.05, 0) is 31.1 Å². The van der Waals surface area contributed by atoms with Gasteiger partial charge >= 0.3 is 0 Å². The van der Waals surface area contributed by atoms with E-state index >= 15 is 0 Å². The van der Waals surface area contributed by atoms with Crippen LogP contribution in [-0.4, -0.2) is 85.7 Å². The molecule has 5 heteroatoms. The third-order valence-electron chi connectivity index (χ3n) is 5.70. The van der Waals surface area contributed by atoms with E-state index in [2.05, 4.69) is 16.7 Å². The molecule has 0 aromatic rings. The van der Waals surface area contributed by atoms with Gasteiger partial charge in [0.25, 0.3) is 0 Å². The van der Waals surface area contributed by atoms with Gasteiger partial charge in [0.05, 0.1) is 6.61 Å². The van der Waals surface area contributed by atoms with Crippen molar-refractivity contribution in [3.05, 3.63) is 0 Å². The monoisotopic (exact) mass is 323 g/mol. The molecule has 0 unspecified atom stereocenters. The van der Waals surface area contributed by atoms with Gasteiger partial charge in [0, 0.05) is 65.4 Å². The summed E-state index contributed by atoms with van der Waals surface area (Å²) in [6.07, 6.45) is 3.84. The Morgan fingerprint density at radius 2 is 1.96 bits per heavy atom. The number of likely N-dealkylation sites (tertiary alicyclic amines) is 1. The molecule has 1 amide bonds. The van der Waals surface area contributed by atoms with Crippen molar-refractivity contribution < 1.29 is 9.53 Å². The van der Waals surface area contributed by atoms with Crippen LogP contribution >= 0.6 is 0 Å². The second-order valence-corrected chi connectivity index (χ2v) is 7.72. The molecule has 2 atom stereocenters. The molecule has 0 radical (unpaired) electrons. The van der Waals surface area contributed by atoms with Crippen molar-refractivity contribution >= 4 is 5.91 Å². The minimum Gasteiger partial charge on any atom is -0.380 e. The zero-order valence-electron chi connectivity index (χ0n) is 14.9. The maximum atomic E-state index is 11.6. The first-order chi connectivity index (χ1) is 11.1. The molecule has 132 valence electrons. The first-order valence-corrected chi connectivity index (χ1v) is 9.43. The van der Waals surface area contributed by atoms with Crippen molar-refractivity contribution in [3.8, 4) is 0 Å². The highest BCUT2D eigenvalue weighted by Gasteiger charge is 2.34. The SMILES string of the molecule is CC(=O)N1CCCN([C@@H]2CN(CCOCC3CC3)C[C@@H]2C)CC1. The molecule has 5 nitrogen and oxygen atoms in total. The standard InChI is InChI=1S/C18H33N3O2/c1-15-12-19(10-11-23-14-17-4-5-17)13-18(15)21-7-3-6-20(8-9-21)16(2)22/h15,17-18H,3-14H2,1-2H3/t15-,18+/m0/s1. The van der Waals surface area contributed by atoms with Gasteiger partial charge in [0.1, 0.15) is 0 Å². The summed E-state index contributed by atoms with van der Waals surface area (Å²) in [5.41, 5.74) is 0. The first kappa shape index (κ1) is 17.2. The fourth-order valence-electron chi connectivity index (χ4n) is 4.02. The Balaban J connectivity index is 1.41. The van der Waals surface area contributed by atoms with Gasteiger partial charge in [0.15, 0.2) is 0 Å². The second kappa shape index (κ2) is 7.95. The largest absolute Gasteiger partial charge is 0.380 e. The molecule has 23 heavy (non-hydrogen) atoms. The van der Waals surface area contributed by atoms with E-state index in [1.807, 2.05) is 4.90 Å². The summed E-state index contributed by atoms with van der Waals surface area (Å²) in [4.78, 5) is 18.8. The lowest BCUT2D eigenvalue weighted by Gasteiger charge is -2.30. The average Bonchev–Trinajstić information content (AvgIpc) is 3.30. The molecule has 0 aromatic carbocycles. The van der Waals surface area contributed by atoms with Gasteiger partial charge in [-0.1, -0.05) is 6.92 Å². The summed E-state index contributed by atoms with van der Waals surface area (Å²) in [6.45, 7) is 13.3. The fourth-order valence-corrected chi connectivity index (χ4v) is 4.02. The van der Waals surface area contributed by atoms with Crippen LogP contribution in [0.1, 0.15) is 33.1 Å². The van der Waals surface area contributed by atoms with Crippen LogP contribution in [0.4, 0.5) is 0 Å². The van der Waals surface area contributed by atoms with Crippen LogP contribution in [0.2, 0.25) is 0 Å². The number of carbonyl (C=O) groups excluding carboxylic acids is 1. The highest BCUT2D eigenvalue weighted by Crippen LogP contribution is 2.29.